The van der Waals surface area contributed by atoms with Crippen molar-refractivity contribution in [3.63, 3.8) is 0 Å². The Morgan fingerprint density at radius 1 is 1.56 bits per heavy atom. The third-order valence-electron chi connectivity index (χ3n) is 2.73. The molecule has 1 rings (SSSR count). The van der Waals surface area contributed by atoms with E-state index in [1.54, 1.807) is 18.2 Å². The highest BCUT2D eigenvalue weighted by atomic mass is 35.5. The molecular weight excluding hydrogens is 254 g/mol. The van der Waals surface area contributed by atoms with E-state index in [0.717, 1.165) is 6.42 Å². The third-order valence-corrected chi connectivity index (χ3v) is 3.04. The SMILES string of the molecule is CCC(CCO)NC(=O)c1c(Cl)cccc1OC. The van der Waals surface area contributed by atoms with Crippen molar-refractivity contribution < 1.29 is 14.6 Å². The van der Waals surface area contributed by atoms with Crippen molar-refractivity contribution in [3.05, 3.63) is 28.8 Å². The first-order valence-corrected chi connectivity index (χ1v) is 6.26. The van der Waals surface area contributed by atoms with Gasteiger partial charge in [0.2, 0.25) is 0 Å². The highest BCUT2D eigenvalue weighted by Crippen LogP contribution is 2.26. The van der Waals surface area contributed by atoms with E-state index in [0.29, 0.717) is 22.8 Å². The van der Waals surface area contributed by atoms with Gasteiger partial charge in [-0.05, 0) is 25.0 Å². The van der Waals surface area contributed by atoms with Crippen LogP contribution in [0.2, 0.25) is 5.02 Å². The first-order valence-electron chi connectivity index (χ1n) is 5.88. The maximum absolute atomic E-state index is 12.1. The number of carbonyl (C=O) groups excluding carboxylic acids is 1. The molecule has 0 bridgehead atoms. The van der Waals surface area contributed by atoms with Crippen molar-refractivity contribution in [2.75, 3.05) is 13.7 Å². The van der Waals surface area contributed by atoms with Gasteiger partial charge in [0.1, 0.15) is 5.75 Å². The largest absolute Gasteiger partial charge is 0.496 e. The maximum atomic E-state index is 12.1. The van der Waals surface area contributed by atoms with E-state index in [2.05, 4.69) is 5.32 Å². The van der Waals surface area contributed by atoms with Crippen LogP contribution in [0, 0.1) is 0 Å². The Kier molecular flexibility index (Phi) is 5.95. The molecular formula is C13H18ClNO3. The third kappa shape index (κ3) is 3.62. The average molecular weight is 272 g/mol. The molecule has 5 heteroatoms. The molecule has 0 heterocycles. The predicted octanol–water partition coefficient (Wildman–Crippen LogP) is 2.24. The normalized spacial score (nSPS) is 12.0. The lowest BCUT2D eigenvalue weighted by molar-refractivity contribution is 0.0926. The van der Waals surface area contributed by atoms with Gasteiger partial charge in [0.05, 0.1) is 17.7 Å². The van der Waals surface area contributed by atoms with E-state index in [-0.39, 0.29) is 18.6 Å². The summed E-state index contributed by atoms with van der Waals surface area (Å²) >= 11 is 6.02. The van der Waals surface area contributed by atoms with Crippen LogP contribution in [0.25, 0.3) is 0 Å². The second kappa shape index (κ2) is 7.24. The molecule has 0 aliphatic rings. The van der Waals surface area contributed by atoms with Gasteiger partial charge in [-0.15, -0.1) is 0 Å². The van der Waals surface area contributed by atoms with E-state index in [9.17, 15) is 4.79 Å². The van der Waals surface area contributed by atoms with Crippen LogP contribution in [-0.2, 0) is 0 Å². The van der Waals surface area contributed by atoms with Crippen LogP contribution in [-0.4, -0.2) is 30.8 Å². The molecule has 1 unspecified atom stereocenters. The van der Waals surface area contributed by atoms with Crippen LogP contribution in [0.5, 0.6) is 5.75 Å². The first kappa shape index (κ1) is 14.8. The average Bonchev–Trinajstić information content (AvgIpc) is 2.37. The second-order valence-corrected chi connectivity index (χ2v) is 4.32. The summed E-state index contributed by atoms with van der Waals surface area (Å²) in [6.45, 7) is 1.99. The fraction of sp³-hybridized carbons (Fsp3) is 0.462. The molecule has 1 aromatic rings. The smallest absolute Gasteiger partial charge is 0.256 e. The molecule has 1 atom stereocenters. The molecule has 2 N–H and O–H groups in total. The molecule has 1 amide bonds. The zero-order valence-electron chi connectivity index (χ0n) is 10.6. The standard InChI is InChI=1S/C13H18ClNO3/c1-3-9(7-8-16)15-13(17)12-10(14)5-4-6-11(12)18-2/h4-6,9,16H,3,7-8H2,1-2H3,(H,15,17). The molecule has 1 aromatic carbocycles. The van der Waals surface area contributed by atoms with Crippen LogP contribution < -0.4 is 10.1 Å². The van der Waals surface area contributed by atoms with E-state index in [1.165, 1.54) is 7.11 Å². The summed E-state index contributed by atoms with van der Waals surface area (Å²) in [6.07, 6.45) is 1.27. The number of benzene rings is 1. The van der Waals surface area contributed by atoms with Crippen LogP contribution in [0.1, 0.15) is 30.1 Å². The molecule has 0 saturated carbocycles. The van der Waals surface area contributed by atoms with Gasteiger partial charge in [-0.2, -0.15) is 0 Å². The number of aliphatic hydroxyl groups excluding tert-OH is 1. The van der Waals surface area contributed by atoms with Crippen molar-refractivity contribution >= 4 is 17.5 Å². The van der Waals surface area contributed by atoms with Gasteiger partial charge in [-0.25, -0.2) is 0 Å². The maximum Gasteiger partial charge on any atom is 0.256 e. The van der Waals surface area contributed by atoms with Crippen molar-refractivity contribution in [1.29, 1.82) is 0 Å². The summed E-state index contributed by atoms with van der Waals surface area (Å²) in [4.78, 5) is 12.1. The number of ether oxygens (including phenoxy) is 1. The van der Waals surface area contributed by atoms with Gasteiger partial charge in [-0.3, -0.25) is 4.79 Å². The zero-order chi connectivity index (χ0) is 13.5. The quantitative estimate of drug-likeness (QED) is 0.834. The van der Waals surface area contributed by atoms with Gasteiger partial charge >= 0.3 is 0 Å². The van der Waals surface area contributed by atoms with Crippen molar-refractivity contribution in [3.8, 4) is 5.75 Å². The minimum absolute atomic E-state index is 0.0401. The topological polar surface area (TPSA) is 58.6 Å². The number of nitrogens with one attached hydrogen (secondary N) is 1. The Morgan fingerprint density at radius 3 is 2.83 bits per heavy atom. The van der Waals surface area contributed by atoms with Gasteiger partial charge in [0, 0.05) is 12.6 Å². The highest BCUT2D eigenvalue weighted by molar-refractivity contribution is 6.34. The number of amides is 1. The van der Waals surface area contributed by atoms with Crippen molar-refractivity contribution in [2.45, 2.75) is 25.8 Å². The van der Waals surface area contributed by atoms with Gasteiger partial charge in [0.25, 0.3) is 5.91 Å². The van der Waals surface area contributed by atoms with Gasteiger partial charge in [-0.1, -0.05) is 24.6 Å². The Balaban J connectivity index is 2.89. The van der Waals surface area contributed by atoms with Crippen molar-refractivity contribution in [1.82, 2.24) is 5.32 Å². The minimum atomic E-state index is -0.280. The monoisotopic (exact) mass is 271 g/mol. The molecule has 100 valence electrons. The molecule has 18 heavy (non-hydrogen) atoms. The van der Waals surface area contributed by atoms with Crippen LogP contribution in [0.15, 0.2) is 18.2 Å². The van der Waals surface area contributed by atoms with E-state index in [1.807, 2.05) is 6.92 Å². The van der Waals surface area contributed by atoms with E-state index < -0.39 is 0 Å². The summed E-state index contributed by atoms with van der Waals surface area (Å²) in [5.74, 6) is 0.164. The van der Waals surface area contributed by atoms with Gasteiger partial charge < -0.3 is 15.2 Å². The molecule has 0 spiro atoms. The zero-order valence-corrected chi connectivity index (χ0v) is 11.3. The fourth-order valence-corrected chi connectivity index (χ4v) is 1.94. The Labute approximate surface area is 112 Å². The number of rotatable bonds is 6. The Bertz CT molecular complexity index is 409. The number of halogens is 1. The lowest BCUT2D eigenvalue weighted by Gasteiger charge is -2.17. The number of hydrogen-bond acceptors (Lipinski definition) is 3. The molecule has 0 saturated heterocycles. The fourth-order valence-electron chi connectivity index (χ4n) is 1.69. The predicted molar refractivity (Wildman–Crippen MR) is 71.3 cm³/mol. The van der Waals surface area contributed by atoms with E-state index >= 15 is 0 Å². The summed E-state index contributed by atoms with van der Waals surface area (Å²) in [7, 11) is 1.49. The minimum Gasteiger partial charge on any atom is -0.496 e. The molecule has 0 aliphatic carbocycles. The molecule has 4 nitrogen and oxygen atoms in total. The van der Waals surface area contributed by atoms with Crippen LogP contribution >= 0.6 is 11.6 Å². The highest BCUT2D eigenvalue weighted by Gasteiger charge is 2.18. The summed E-state index contributed by atoms with van der Waals surface area (Å²) < 4.78 is 5.13. The first-order chi connectivity index (χ1) is 8.63. The summed E-state index contributed by atoms with van der Waals surface area (Å²) in [5, 5.41) is 12.1. The molecule has 0 radical (unpaired) electrons. The summed E-state index contributed by atoms with van der Waals surface area (Å²) in [5.41, 5.74) is 0.332. The number of methoxy groups -OCH3 is 1. The molecule has 0 aromatic heterocycles. The summed E-state index contributed by atoms with van der Waals surface area (Å²) in [6, 6.07) is 4.99. The molecule has 0 aliphatic heterocycles. The van der Waals surface area contributed by atoms with Crippen molar-refractivity contribution in [2.24, 2.45) is 0 Å². The lowest BCUT2D eigenvalue weighted by atomic mass is 10.1. The van der Waals surface area contributed by atoms with E-state index in [4.69, 9.17) is 21.4 Å². The Hall–Kier alpha value is -1.26. The number of hydrogen-bond donors (Lipinski definition) is 2. The molecule has 0 fully saturated rings. The second-order valence-electron chi connectivity index (χ2n) is 3.91. The Morgan fingerprint density at radius 2 is 2.28 bits per heavy atom. The van der Waals surface area contributed by atoms with Gasteiger partial charge in [0.15, 0.2) is 0 Å². The number of aliphatic hydroxyl groups is 1. The number of carbonyl (C=O) groups is 1. The lowest BCUT2D eigenvalue weighted by Crippen LogP contribution is -2.35. The van der Waals surface area contributed by atoms with Crippen LogP contribution in [0.3, 0.4) is 0 Å². The van der Waals surface area contributed by atoms with Crippen LogP contribution in [0.4, 0.5) is 0 Å².